The summed E-state index contributed by atoms with van der Waals surface area (Å²) in [5.74, 6) is 0.971. The zero-order valence-corrected chi connectivity index (χ0v) is 12.3. The summed E-state index contributed by atoms with van der Waals surface area (Å²) in [5.41, 5.74) is 1.18. The Morgan fingerprint density at radius 3 is 2.82 bits per heavy atom. The molecule has 0 bridgehead atoms. The lowest BCUT2D eigenvalue weighted by molar-refractivity contribution is 0.466. The van der Waals surface area contributed by atoms with E-state index in [4.69, 9.17) is 16.0 Å². The smallest absolute Gasteiger partial charge is 0.105 e. The van der Waals surface area contributed by atoms with Gasteiger partial charge < -0.3 is 9.73 Å². The van der Waals surface area contributed by atoms with Crippen molar-refractivity contribution in [3.8, 4) is 0 Å². The molecule has 90 valence electrons. The number of nitrogens with one attached hydrogen (secondary N) is 1. The Morgan fingerprint density at radius 2 is 2.24 bits per heavy atom. The third-order valence-electron chi connectivity index (χ3n) is 2.68. The second-order valence-corrected chi connectivity index (χ2v) is 5.37. The summed E-state index contributed by atoms with van der Waals surface area (Å²) in [6.07, 6.45) is 2.52. The molecule has 0 saturated carbocycles. The van der Waals surface area contributed by atoms with Crippen LogP contribution in [0.3, 0.4) is 0 Å². The van der Waals surface area contributed by atoms with Crippen molar-refractivity contribution in [1.82, 2.24) is 5.32 Å². The molecule has 4 heteroatoms. The zero-order valence-electron chi connectivity index (χ0n) is 9.41. The first kappa shape index (κ1) is 12.9. The van der Waals surface area contributed by atoms with Crippen LogP contribution in [0, 0.1) is 3.57 Å². The Hall–Kier alpha value is -0.520. The van der Waals surface area contributed by atoms with E-state index in [1.54, 1.807) is 6.26 Å². The molecule has 2 aromatic rings. The second-order valence-electron chi connectivity index (χ2n) is 3.80. The first-order valence-electron chi connectivity index (χ1n) is 5.35. The predicted molar refractivity (Wildman–Crippen MR) is 78.4 cm³/mol. The van der Waals surface area contributed by atoms with Crippen LogP contribution in [0.25, 0.3) is 0 Å². The van der Waals surface area contributed by atoms with Crippen LogP contribution in [0.2, 0.25) is 5.02 Å². The monoisotopic (exact) mass is 361 g/mol. The van der Waals surface area contributed by atoms with E-state index in [-0.39, 0.29) is 6.04 Å². The number of hydrogen-bond acceptors (Lipinski definition) is 2. The zero-order chi connectivity index (χ0) is 12.3. The molecule has 1 atom stereocenters. The summed E-state index contributed by atoms with van der Waals surface area (Å²) < 4.78 is 6.44. The quantitative estimate of drug-likeness (QED) is 0.832. The van der Waals surface area contributed by atoms with Crippen molar-refractivity contribution in [3.05, 3.63) is 56.5 Å². The van der Waals surface area contributed by atoms with E-state index in [0.717, 1.165) is 20.8 Å². The number of halogens is 2. The molecule has 17 heavy (non-hydrogen) atoms. The van der Waals surface area contributed by atoms with Gasteiger partial charge in [-0.1, -0.05) is 17.7 Å². The molecule has 0 amide bonds. The molecule has 0 aliphatic heterocycles. The summed E-state index contributed by atoms with van der Waals surface area (Å²) >= 11 is 8.37. The largest absolute Gasteiger partial charge is 0.469 e. The second kappa shape index (κ2) is 5.89. The van der Waals surface area contributed by atoms with E-state index in [9.17, 15) is 0 Å². The van der Waals surface area contributed by atoms with Crippen molar-refractivity contribution in [3.63, 3.8) is 0 Å². The molecule has 0 aliphatic rings. The minimum Gasteiger partial charge on any atom is -0.469 e. The Kier molecular flexibility index (Phi) is 4.48. The van der Waals surface area contributed by atoms with Gasteiger partial charge in [-0.15, -0.1) is 0 Å². The van der Waals surface area contributed by atoms with Gasteiger partial charge in [-0.25, -0.2) is 0 Å². The van der Waals surface area contributed by atoms with Crippen LogP contribution in [0.5, 0.6) is 0 Å². The molecule has 1 unspecified atom stereocenters. The number of hydrogen-bond donors (Lipinski definition) is 1. The topological polar surface area (TPSA) is 25.2 Å². The molecule has 0 radical (unpaired) electrons. The van der Waals surface area contributed by atoms with Gasteiger partial charge >= 0.3 is 0 Å². The molecule has 0 saturated heterocycles. The summed E-state index contributed by atoms with van der Waals surface area (Å²) in [6, 6.07) is 10.2. The third-order valence-corrected chi connectivity index (χ3v) is 4.25. The minimum absolute atomic E-state index is 0.218. The molecular formula is C13H13ClINO. The summed E-state index contributed by atoms with van der Waals surface area (Å²) in [5, 5.41) is 4.08. The maximum Gasteiger partial charge on any atom is 0.105 e. The fraction of sp³-hybridized carbons (Fsp3) is 0.231. The van der Waals surface area contributed by atoms with Gasteiger partial charge in [-0.2, -0.15) is 0 Å². The van der Waals surface area contributed by atoms with Crippen LogP contribution >= 0.6 is 34.2 Å². The first-order valence-corrected chi connectivity index (χ1v) is 6.81. The molecule has 0 fully saturated rings. The molecule has 1 aromatic heterocycles. The molecule has 1 aromatic carbocycles. The summed E-state index contributed by atoms with van der Waals surface area (Å²) in [4.78, 5) is 0. The van der Waals surface area contributed by atoms with E-state index in [1.165, 1.54) is 5.56 Å². The number of likely N-dealkylation sites (N-methyl/N-ethyl adjacent to an activating group) is 1. The number of rotatable bonds is 4. The standard InChI is InChI=1S/C13H13ClINO/c1-16-13(8-10-3-2-6-17-10)9-4-5-12(15)11(14)7-9/h2-7,13,16H,8H2,1H3. The van der Waals surface area contributed by atoms with Gasteiger partial charge in [0.1, 0.15) is 5.76 Å². The maximum absolute atomic E-state index is 6.14. The van der Waals surface area contributed by atoms with Crippen molar-refractivity contribution in [1.29, 1.82) is 0 Å². The Labute approximate surface area is 119 Å². The lowest BCUT2D eigenvalue weighted by Gasteiger charge is -2.16. The highest BCUT2D eigenvalue weighted by Gasteiger charge is 2.12. The molecule has 2 nitrogen and oxygen atoms in total. The fourth-order valence-electron chi connectivity index (χ4n) is 1.75. The van der Waals surface area contributed by atoms with Gasteiger partial charge in [0.2, 0.25) is 0 Å². The SMILES string of the molecule is CNC(Cc1ccco1)c1ccc(I)c(Cl)c1. The van der Waals surface area contributed by atoms with E-state index in [0.29, 0.717) is 0 Å². The van der Waals surface area contributed by atoms with E-state index in [1.807, 2.05) is 31.3 Å². The van der Waals surface area contributed by atoms with Gasteiger partial charge in [0, 0.05) is 16.0 Å². The van der Waals surface area contributed by atoms with Gasteiger partial charge in [-0.3, -0.25) is 0 Å². The minimum atomic E-state index is 0.218. The molecule has 1 heterocycles. The lowest BCUT2D eigenvalue weighted by Crippen LogP contribution is -2.18. The predicted octanol–water partition coefficient (Wildman–Crippen LogP) is 4.04. The van der Waals surface area contributed by atoms with Crippen molar-refractivity contribution >= 4 is 34.2 Å². The average molecular weight is 362 g/mol. The third kappa shape index (κ3) is 3.24. The van der Waals surface area contributed by atoms with Crippen molar-refractivity contribution < 1.29 is 4.42 Å². The lowest BCUT2D eigenvalue weighted by atomic mass is 10.0. The van der Waals surface area contributed by atoms with Crippen LogP contribution < -0.4 is 5.32 Å². The Balaban J connectivity index is 2.20. The molecule has 1 N–H and O–H groups in total. The van der Waals surface area contributed by atoms with E-state index in [2.05, 4.69) is 34.0 Å². The maximum atomic E-state index is 6.14. The Bertz CT molecular complexity index is 484. The number of furan rings is 1. The Morgan fingerprint density at radius 1 is 1.41 bits per heavy atom. The highest BCUT2D eigenvalue weighted by atomic mass is 127. The van der Waals surface area contributed by atoms with Crippen molar-refractivity contribution in [2.45, 2.75) is 12.5 Å². The van der Waals surface area contributed by atoms with Gasteiger partial charge in [-0.05, 0) is 59.5 Å². The van der Waals surface area contributed by atoms with Crippen molar-refractivity contribution in [2.24, 2.45) is 0 Å². The van der Waals surface area contributed by atoms with Gasteiger partial charge in [0.05, 0.1) is 11.3 Å². The van der Waals surface area contributed by atoms with Crippen LogP contribution in [-0.2, 0) is 6.42 Å². The highest BCUT2D eigenvalue weighted by Crippen LogP contribution is 2.25. The fourth-order valence-corrected chi connectivity index (χ4v) is 2.27. The molecule has 2 rings (SSSR count). The van der Waals surface area contributed by atoms with Crippen LogP contribution in [0.1, 0.15) is 17.4 Å². The summed E-state index contributed by atoms with van der Waals surface area (Å²) in [7, 11) is 1.94. The van der Waals surface area contributed by atoms with E-state index >= 15 is 0 Å². The van der Waals surface area contributed by atoms with Crippen LogP contribution in [0.4, 0.5) is 0 Å². The van der Waals surface area contributed by atoms with E-state index < -0.39 is 0 Å². The van der Waals surface area contributed by atoms with Gasteiger partial charge in [0.25, 0.3) is 0 Å². The average Bonchev–Trinajstić information content (AvgIpc) is 2.82. The van der Waals surface area contributed by atoms with Crippen molar-refractivity contribution in [2.75, 3.05) is 7.05 Å². The molecular weight excluding hydrogens is 349 g/mol. The van der Waals surface area contributed by atoms with Gasteiger partial charge in [0.15, 0.2) is 0 Å². The normalized spacial score (nSPS) is 12.6. The number of benzene rings is 1. The molecule has 0 spiro atoms. The molecule has 0 aliphatic carbocycles. The first-order chi connectivity index (χ1) is 8.20. The highest BCUT2D eigenvalue weighted by molar-refractivity contribution is 14.1. The van der Waals surface area contributed by atoms with Crippen LogP contribution in [-0.4, -0.2) is 7.05 Å². The summed E-state index contributed by atoms with van der Waals surface area (Å²) in [6.45, 7) is 0. The van der Waals surface area contributed by atoms with Crippen LogP contribution in [0.15, 0.2) is 41.0 Å².